The predicted octanol–water partition coefficient (Wildman–Crippen LogP) is 1.53. The molecule has 0 saturated heterocycles. The van der Waals surface area contributed by atoms with Crippen molar-refractivity contribution in [2.45, 2.75) is 37.5 Å². The molecule has 0 spiro atoms. The van der Waals surface area contributed by atoms with Gasteiger partial charge in [0.25, 0.3) is 0 Å². The van der Waals surface area contributed by atoms with Crippen molar-refractivity contribution < 1.29 is 38.6 Å². The minimum Gasteiger partial charge on any atom is -0.507 e. The van der Waals surface area contributed by atoms with Gasteiger partial charge in [0.05, 0.1) is 17.5 Å². The highest BCUT2D eigenvalue weighted by molar-refractivity contribution is 6.32. The Bertz CT molecular complexity index is 1800. The van der Waals surface area contributed by atoms with E-state index < -0.39 is 64.4 Å². The number of primary amides is 1. The lowest BCUT2D eigenvalue weighted by Gasteiger charge is -2.52. The van der Waals surface area contributed by atoms with Gasteiger partial charge in [0.1, 0.15) is 11.6 Å². The molecule has 2 fully saturated rings. The number of rotatable bonds is 7. The van der Waals surface area contributed by atoms with Crippen molar-refractivity contribution in [1.29, 1.82) is 0 Å². The zero-order chi connectivity index (χ0) is 34.1. The number of benzene rings is 2. The van der Waals surface area contributed by atoms with Crippen molar-refractivity contribution in [2.75, 3.05) is 33.1 Å². The molecule has 0 aromatic heterocycles. The Kier molecular flexibility index (Phi) is 7.92. The maximum atomic E-state index is 14.3. The van der Waals surface area contributed by atoms with Crippen molar-refractivity contribution in [2.24, 2.45) is 29.4 Å². The number of carbonyl (C=O) groups is 5. The van der Waals surface area contributed by atoms with Crippen LogP contribution in [0.3, 0.4) is 0 Å². The van der Waals surface area contributed by atoms with Crippen LogP contribution in [-0.4, -0.2) is 84.0 Å². The number of aromatic hydroxyl groups is 1. The summed E-state index contributed by atoms with van der Waals surface area (Å²) in [4.78, 5) is 70.7. The summed E-state index contributed by atoms with van der Waals surface area (Å²) < 4.78 is 13.4. The number of anilines is 1. The smallest absolute Gasteiger partial charge is 0.235 e. The van der Waals surface area contributed by atoms with E-state index in [2.05, 4.69) is 5.32 Å². The molecule has 47 heavy (non-hydrogen) atoms. The summed E-state index contributed by atoms with van der Waals surface area (Å²) in [6, 6.07) is 6.82. The average Bonchev–Trinajstić information content (AvgIpc) is 3.47. The fourth-order valence-corrected chi connectivity index (χ4v) is 7.95. The summed E-state index contributed by atoms with van der Waals surface area (Å²) in [5.41, 5.74) is 6.80. The van der Waals surface area contributed by atoms with Crippen LogP contribution in [0.25, 0.3) is 5.57 Å². The SMILES string of the molecule is CN(C)c1cc(CNC2=CCC(c3ccc(F)cc3)=C2)c(O)c2c1C[C@@H]1C[C@@H]3C(N(C)C)C(=O)C(C(N)=O)C(=O)[C@]3(O)C(=O)C1C2=O. The number of nitrogens with zero attached hydrogens (tertiary/aromatic N) is 2. The number of fused-ring (bicyclic) bond motifs is 3. The van der Waals surface area contributed by atoms with Crippen LogP contribution in [-0.2, 0) is 32.1 Å². The number of likely N-dealkylation sites (N-methyl/N-ethyl adjacent to an activating group) is 1. The largest absolute Gasteiger partial charge is 0.507 e. The number of phenolic OH excluding ortho intramolecular Hbond substituents is 1. The van der Waals surface area contributed by atoms with E-state index in [1.807, 2.05) is 17.1 Å². The summed E-state index contributed by atoms with van der Waals surface area (Å²) in [6.45, 7) is 0.131. The van der Waals surface area contributed by atoms with Gasteiger partial charge >= 0.3 is 0 Å². The first-order valence-corrected chi connectivity index (χ1v) is 15.5. The third-order valence-corrected chi connectivity index (χ3v) is 10.2. The van der Waals surface area contributed by atoms with Gasteiger partial charge in [-0.25, -0.2) is 4.39 Å². The molecule has 6 atom stereocenters. The molecule has 246 valence electrons. The molecule has 2 aromatic rings. The van der Waals surface area contributed by atoms with Crippen molar-refractivity contribution in [1.82, 2.24) is 10.2 Å². The van der Waals surface area contributed by atoms with E-state index in [-0.39, 0.29) is 36.5 Å². The highest BCUT2D eigenvalue weighted by Crippen LogP contribution is 2.52. The fourth-order valence-electron chi connectivity index (χ4n) is 7.95. The molecule has 0 aliphatic heterocycles. The molecule has 6 rings (SSSR count). The number of phenols is 1. The number of Topliss-reactive ketones (excluding diaryl/α,β-unsaturated/α-hetero) is 4. The molecule has 4 aliphatic carbocycles. The van der Waals surface area contributed by atoms with Gasteiger partial charge in [-0.15, -0.1) is 0 Å². The summed E-state index contributed by atoms with van der Waals surface area (Å²) in [7, 11) is 6.70. The summed E-state index contributed by atoms with van der Waals surface area (Å²) in [5, 5.41) is 26.6. The van der Waals surface area contributed by atoms with Crippen LogP contribution in [0.1, 0.15) is 39.9 Å². The van der Waals surface area contributed by atoms with E-state index >= 15 is 0 Å². The number of amides is 1. The first-order chi connectivity index (χ1) is 22.2. The first-order valence-electron chi connectivity index (χ1n) is 15.5. The number of hydrogen-bond acceptors (Lipinski definition) is 10. The van der Waals surface area contributed by atoms with E-state index in [0.29, 0.717) is 23.2 Å². The van der Waals surface area contributed by atoms with Crippen LogP contribution >= 0.6 is 0 Å². The van der Waals surface area contributed by atoms with E-state index in [0.717, 1.165) is 16.8 Å². The number of allylic oxidation sites excluding steroid dienone is 3. The van der Waals surface area contributed by atoms with Crippen molar-refractivity contribution in [3.63, 3.8) is 0 Å². The summed E-state index contributed by atoms with van der Waals surface area (Å²) in [6.07, 6.45) is 4.67. The lowest BCUT2D eigenvalue weighted by molar-refractivity contribution is -0.181. The van der Waals surface area contributed by atoms with Gasteiger partial charge in [0, 0.05) is 43.5 Å². The van der Waals surface area contributed by atoms with Gasteiger partial charge in [-0.05, 0) is 80.3 Å². The highest BCUT2D eigenvalue weighted by Gasteiger charge is 2.69. The first kappa shape index (κ1) is 32.3. The minimum atomic E-state index is -2.78. The number of nitrogens with one attached hydrogen (secondary N) is 1. The minimum absolute atomic E-state index is 0.0162. The van der Waals surface area contributed by atoms with Crippen LogP contribution in [0.5, 0.6) is 5.75 Å². The molecular formula is C35H37FN4O7. The molecule has 0 heterocycles. The third-order valence-electron chi connectivity index (χ3n) is 10.2. The molecule has 1 amide bonds. The van der Waals surface area contributed by atoms with Crippen LogP contribution in [0.15, 0.2) is 48.2 Å². The predicted molar refractivity (Wildman–Crippen MR) is 170 cm³/mol. The molecule has 4 aliphatic rings. The maximum absolute atomic E-state index is 14.3. The van der Waals surface area contributed by atoms with Crippen LogP contribution in [0.2, 0.25) is 0 Å². The number of nitrogens with two attached hydrogens (primary N) is 1. The second kappa shape index (κ2) is 11.5. The van der Waals surface area contributed by atoms with Crippen LogP contribution in [0.4, 0.5) is 10.1 Å². The number of hydrogen-bond donors (Lipinski definition) is 4. The van der Waals surface area contributed by atoms with Gasteiger partial charge in [0.2, 0.25) is 5.91 Å². The Labute approximate surface area is 270 Å². The number of carbonyl (C=O) groups excluding carboxylic acids is 5. The second-order valence-corrected chi connectivity index (χ2v) is 13.3. The fraction of sp³-hybridized carbons (Fsp3) is 0.400. The Balaban J connectivity index is 1.35. The van der Waals surface area contributed by atoms with E-state index in [1.54, 1.807) is 46.4 Å². The molecular weight excluding hydrogens is 607 g/mol. The lowest BCUT2D eigenvalue weighted by atomic mass is 9.52. The molecule has 2 saturated carbocycles. The van der Waals surface area contributed by atoms with E-state index in [9.17, 15) is 38.6 Å². The molecule has 5 N–H and O–H groups in total. The molecule has 12 heteroatoms. The maximum Gasteiger partial charge on any atom is 0.235 e. The monoisotopic (exact) mass is 644 g/mol. The van der Waals surface area contributed by atoms with Crippen molar-refractivity contribution in [3.8, 4) is 5.75 Å². The summed E-state index contributed by atoms with van der Waals surface area (Å²) in [5.74, 6) is -11.1. The second-order valence-electron chi connectivity index (χ2n) is 13.3. The Morgan fingerprint density at radius 1 is 1.09 bits per heavy atom. The van der Waals surface area contributed by atoms with Crippen LogP contribution < -0.4 is 16.0 Å². The number of halogens is 1. The highest BCUT2D eigenvalue weighted by atomic mass is 19.1. The number of ketones is 4. The zero-order valence-electron chi connectivity index (χ0n) is 26.5. The molecule has 3 unspecified atom stereocenters. The molecule has 11 nitrogen and oxygen atoms in total. The van der Waals surface area contributed by atoms with Gasteiger partial charge in [-0.3, -0.25) is 28.9 Å². The Morgan fingerprint density at radius 2 is 1.77 bits per heavy atom. The van der Waals surface area contributed by atoms with Gasteiger partial charge in [0.15, 0.2) is 34.7 Å². The van der Waals surface area contributed by atoms with Gasteiger partial charge in [-0.1, -0.05) is 18.2 Å². The van der Waals surface area contributed by atoms with Gasteiger partial charge in [-0.2, -0.15) is 0 Å². The number of aliphatic hydroxyl groups is 1. The topological polar surface area (TPSA) is 170 Å². The summed E-state index contributed by atoms with van der Waals surface area (Å²) >= 11 is 0. The standard InChI is InChI=1S/C35H37FN4O7/c1-39(2)24-14-19(15-38-21-10-7-17(11-21)16-5-8-20(36)9-6-16)29(41)26-22(24)12-18-13-23-28(40(3)4)31(43)27(34(37)46)33(45)35(23,47)32(44)25(18)30(26)42/h5-6,8-11,14,18,23,25,27-28,38,41,47H,7,12-13,15H2,1-4H3,(H2,37,46)/t18-,23-,25?,27?,28?,35-/m1/s1. The average molecular weight is 645 g/mol. The third kappa shape index (κ3) is 4.97. The lowest BCUT2D eigenvalue weighted by Crippen LogP contribution is -2.74. The Morgan fingerprint density at radius 3 is 2.38 bits per heavy atom. The van der Waals surface area contributed by atoms with Crippen molar-refractivity contribution >= 4 is 40.3 Å². The van der Waals surface area contributed by atoms with Gasteiger partial charge < -0.3 is 26.2 Å². The molecule has 0 bridgehead atoms. The molecule has 0 radical (unpaired) electrons. The van der Waals surface area contributed by atoms with E-state index in [1.165, 1.54) is 17.0 Å². The molecule has 2 aromatic carbocycles. The van der Waals surface area contributed by atoms with Crippen LogP contribution in [0, 0.1) is 29.5 Å². The Hall–Kier alpha value is -4.68. The van der Waals surface area contributed by atoms with E-state index in [4.69, 9.17) is 5.73 Å². The zero-order valence-corrected chi connectivity index (χ0v) is 26.5. The van der Waals surface area contributed by atoms with Crippen molar-refractivity contribution in [3.05, 3.63) is 76.3 Å². The quantitative estimate of drug-likeness (QED) is 0.324. The normalized spacial score (nSPS) is 28.4.